The number of rotatable bonds is 0. The van der Waals surface area contributed by atoms with Crippen molar-refractivity contribution in [1.82, 2.24) is 0 Å². The zero-order valence-corrected chi connectivity index (χ0v) is 5.12. The molecule has 2 aliphatic rings. The van der Waals surface area contributed by atoms with Gasteiger partial charge in [0, 0.05) is 5.92 Å². The quantitative estimate of drug-likeness (QED) is 0.491. The second-order valence-corrected chi connectivity index (χ2v) is 2.59. The van der Waals surface area contributed by atoms with Gasteiger partial charge >= 0.3 is 0 Å². The smallest absolute Gasteiger partial charge is 0.163 e. The van der Waals surface area contributed by atoms with E-state index in [0.29, 0.717) is 6.61 Å². The third kappa shape index (κ3) is 0.764. The molecule has 0 aliphatic carbocycles. The summed E-state index contributed by atoms with van der Waals surface area (Å²) in [4.78, 5) is 0. The van der Waals surface area contributed by atoms with E-state index in [1.165, 1.54) is 0 Å². The Kier molecular flexibility index (Phi) is 1.22. The van der Waals surface area contributed by atoms with Crippen LogP contribution in [0.25, 0.3) is 0 Å². The molecule has 2 aliphatic heterocycles. The summed E-state index contributed by atoms with van der Waals surface area (Å²) in [5.41, 5.74) is 0. The summed E-state index contributed by atoms with van der Waals surface area (Å²) in [5.74, 6) is 0.255. The third-order valence-corrected chi connectivity index (χ3v) is 2.01. The molecule has 3 nitrogen and oxygen atoms in total. The third-order valence-electron chi connectivity index (χ3n) is 2.01. The first-order valence-electron chi connectivity index (χ1n) is 3.29. The van der Waals surface area contributed by atoms with Crippen LogP contribution in [-0.4, -0.2) is 30.7 Å². The molecule has 0 amide bonds. The first-order chi connectivity index (χ1) is 4.38. The molecule has 0 aromatic rings. The van der Waals surface area contributed by atoms with Crippen LogP contribution in [0.1, 0.15) is 6.42 Å². The van der Waals surface area contributed by atoms with Gasteiger partial charge in [0.2, 0.25) is 0 Å². The van der Waals surface area contributed by atoms with Gasteiger partial charge in [-0.2, -0.15) is 0 Å². The maximum atomic E-state index is 9.19. The average molecular weight is 130 g/mol. The Morgan fingerprint density at radius 1 is 1.33 bits per heavy atom. The summed E-state index contributed by atoms with van der Waals surface area (Å²) in [6, 6.07) is 0. The average Bonchev–Trinajstić information content (AvgIpc) is 2.35. The van der Waals surface area contributed by atoms with Gasteiger partial charge in [-0.3, -0.25) is 0 Å². The van der Waals surface area contributed by atoms with Crippen molar-refractivity contribution in [3.8, 4) is 0 Å². The molecule has 0 aromatic carbocycles. The Morgan fingerprint density at radius 2 is 2.22 bits per heavy atom. The maximum absolute atomic E-state index is 9.19. The molecular formula is C6H10O3. The van der Waals surface area contributed by atoms with Crippen molar-refractivity contribution in [1.29, 1.82) is 0 Å². The molecule has 1 unspecified atom stereocenters. The molecule has 0 saturated carbocycles. The van der Waals surface area contributed by atoms with Crippen LogP contribution >= 0.6 is 0 Å². The fraction of sp³-hybridized carbons (Fsp3) is 1.00. The topological polar surface area (TPSA) is 38.7 Å². The molecule has 0 bridgehead atoms. The lowest BCUT2D eigenvalue weighted by molar-refractivity contribution is -0.0907. The van der Waals surface area contributed by atoms with E-state index >= 15 is 0 Å². The van der Waals surface area contributed by atoms with Crippen molar-refractivity contribution in [3.63, 3.8) is 0 Å². The van der Waals surface area contributed by atoms with E-state index in [1.807, 2.05) is 0 Å². The summed E-state index contributed by atoms with van der Waals surface area (Å²) in [7, 11) is 0. The van der Waals surface area contributed by atoms with Crippen molar-refractivity contribution in [2.24, 2.45) is 5.92 Å². The zero-order chi connectivity index (χ0) is 6.27. The largest absolute Gasteiger partial charge is 0.390 e. The fourth-order valence-electron chi connectivity index (χ4n) is 1.44. The Labute approximate surface area is 53.6 Å². The second-order valence-electron chi connectivity index (χ2n) is 2.59. The fourth-order valence-corrected chi connectivity index (χ4v) is 1.44. The summed E-state index contributed by atoms with van der Waals surface area (Å²) in [6.07, 6.45) is 0.573. The van der Waals surface area contributed by atoms with E-state index in [1.54, 1.807) is 0 Å². The number of aliphatic hydroxyl groups excluding tert-OH is 1. The zero-order valence-electron chi connectivity index (χ0n) is 5.12. The maximum Gasteiger partial charge on any atom is 0.163 e. The number of aliphatic hydroxyl groups is 1. The number of fused-ring (bicyclic) bond motifs is 1. The summed E-state index contributed by atoms with van der Waals surface area (Å²) in [5, 5.41) is 9.19. The minimum absolute atomic E-state index is 0.0972. The highest BCUT2D eigenvalue weighted by Crippen LogP contribution is 2.30. The number of hydrogen-bond acceptors (Lipinski definition) is 3. The van der Waals surface area contributed by atoms with Crippen molar-refractivity contribution in [2.45, 2.75) is 18.8 Å². The van der Waals surface area contributed by atoms with Crippen molar-refractivity contribution in [2.75, 3.05) is 13.2 Å². The molecule has 3 atom stereocenters. The molecule has 1 N–H and O–H groups in total. The van der Waals surface area contributed by atoms with Gasteiger partial charge in [-0.15, -0.1) is 0 Å². The van der Waals surface area contributed by atoms with Gasteiger partial charge in [0.1, 0.15) is 0 Å². The molecule has 3 heteroatoms. The molecule has 0 aromatic heterocycles. The van der Waals surface area contributed by atoms with E-state index in [9.17, 15) is 5.11 Å². The van der Waals surface area contributed by atoms with Crippen LogP contribution in [-0.2, 0) is 9.47 Å². The van der Waals surface area contributed by atoms with Gasteiger partial charge in [0.05, 0.1) is 19.3 Å². The minimum atomic E-state index is -0.280. The highest BCUT2D eigenvalue weighted by molar-refractivity contribution is 4.81. The van der Waals surface area contributed by atoms with Crippen LogP contribution < -0.4 is 0 Å². The molecule has 9 heavy (non-hydrogen) atoms. The van der Waals surface area contributed by atoms with Crippen molar-refractivity contribution < 1.29 is 14.6 Å². The van der Waals surface area contributed by atoms with Crippen LogP contribution in [0, 0.1) is 5.92 Å². The first kappa shape index (κ1) is 5.65. The molecule has 2 saturated heterocycles. The van der Waals surface area contributed by atoms with E-state index in [-0.39, 0.29) is 18.3 Å². The lowest BCUT2D eigenvalue weighted by Crippen LogP contribution is -2.18. The first-order valence-corrected chi connectivity index (χ1v) is 3.29. The van der Waals surface area contributed by atoms with E-state index in [0.717, 1.165) is 13.0 Å². The Bertz CT molecular complexity index is 115. The Hall–Kier alpha value is -0.120. The van der Waals surface area contributed by atoms with Crippen molar-refractivity contribution >= 4 is 0 Å². The highest BCUT2D eigenvalue weighted by Gasteiger charge is 2.40. The van der Waals surface area contributed by atoms with Crippen LogP contribution in [0.5, 0.6) is 0 Å². The molecule has 0 radical (unpaired) electrons. The molecule has 0 spiro atoms. The van der Waals surface area contributed by atoms with E-state index in [2.05, 4.69) is 0 Å². The van der Waals surface area contributed by atoms with Crippen LogP contribution in [0.4, 0.5) is 0 Å². The van der Waals surface area contributed by atoms with E-state index in [4.69, 9.17) is 9.47 Å². The molecule has 2 rings (SSSR count). The van der Waals surface area contributed by atoms with Gasteiger partial charge in [-0.05, 0) is 6.42 Å². The summed E-state index contributed by atoms with van der Waals surface area (Å²) in [6.45, 7) is 1.20. The minimum Gasteiger partial charge on any atom is -0.390 e. The Morgan fingerprint density at radius 3 is 3.00 bits per heavy atom. The SMILES string of the molecule is O[C@@H]1COC2OCC[C@H]21. The van der Waals surface area contributed by atoms with Gasteiger partial charge in [0.25, 0.3) is 0 Å². The van der Waals surface area contributed by atoms with Gasteiger partial charge < -0.3 is 14.6 Å². The standard InChI is InChI=1S/C6H10O3/c7-5-3-9-6-4(5)1-2-8-6/h4-7H,1-3H2/t4-,5+,6?/m0/s1. The van der Waals surface area contributed by atoms with Gasteiger partial charge in [-0.1, -0.05) is 0 Å². The molecule has 2 heterocycles. The van der Waals surface area contributed by atoms with Crippen LogP contribution in [0.3, 0.4) is 0 Å². The second kappa shape index (κ2) is 1.94. The monoisotopic (exact) mass is 130 g/mol. The molecular weight excluding hydrogens is 120 g/mol. The van der Waals surface area contributed by atoms with Crippen molar-refractivity contribution in [3.05, 3.63) is 0 Å². The predicted octanol–water partition coefficient (Wildman–Crippen LogP) is -0.260. The lowest BCUT2D eigenvalue weighted by atomic mass is 10.0. The Balaban J connectivity index is 2.07. The molecule has 2 fully saturated rings. The predicted molar refractivity (Wildman–Crippen MR) is 29.8 cm³/mol. The van der Waals surface area contributed by atoms with Gasteiger partial charge in [-0.25, -0.2) is 0 Å². The van der Waals surface area contributed by atoms with Crippen LogP contribution in [0.15, 0.2) is 0 Å². The number of ether oxygens (including phenoxy) is 2. The lowest BCUT2D eigenvalue weighted by Gasteiger charge is -2.06. The summed E-state index contributed by atoms with van der Waals surface area (Å²) >= 11 is 0. The molecule has 52 valence electrons. The summed E-state index contributed by atoms with van der Waals surface area (Å²) < 4.78 is 10.3. The highest BCUT2D eigenvalue weighted by atomic mass is 16.7. The van der Waals surface area contributed by atoms with E-state index < -0.39 is 0 Å². The normalized spacial score (nSPS) is 49.7. The number of hydrogen-bond donors (Lipinski definition) is 1. The van der Waals surface area contributed by atoms with Gasteiger partial charge in [0.15, 0.2) is 6.29 Å². The van der Waals surface area contributed by atoms with Crippen LogP contribution in [0.2, 0.25) is 0 Å².